The summed E-state index contributed by atoms with van der Waals surface area (Å²) in [5.41, 5.74) is 6.32. The van der Waals surface area contributed by atoms with E-state index in [9.17, 15) is 14.0 Å². The van der Waals surface area contributed by atoms with E-state index in [2.05, 4.69) is 4.98 Å². The van der Waals surface area contributed by atoms with Gasteiger partial charge in [0.1, 0.15) is 11.6 Å². The van der Waals surface area contributed by atoms with Crippen molar-refractivity contribution < 1.29 is 4.39 Å². The maximum absolute atomic E-state index is 13.0. The van der Waals surface area contributed by atoms with Crippen LogP contribution in [0.3, 0.4) is 0 Å². The molecule has 0 spiro atoms. The largest absolute Gasteiger partial charge is 0.385 e. The SMILES string of the molecule is Cc1cc(F)ccc1CCn1c(N)cc(=O)[nH]c1=O. The zero-order chi connectivity index (χ0) is 14.0. The van der Waals surface area contributed by atoms with Gasteiger partial charge in [-0.05, 0) is 36.6 Å². The van der Waals surface area contributed by atoms with E-state index < -0.39 is 11.2 Å². The Morgan fingerprint density at radius 3 is 2.68 bits per heavy atom. The van der Waals surface area contributed by atoms with Crippen molar-refractivity contribution in [3.63, 3.8) is 0 Å². The lowest BCUT2D eigenvalue weighted by molar-refractivity contribution is 0.621. The summed E-state index contributed by atoms with van der Waals surface area (Å²) in [5.74, 6) is -0.171. The highest BCUT2D eigenvalue weighted by Crippen LogP contribution is 2.11. The molecule has 0 atom stereocenters. The second-order valence-electron chi connectivity index (χ2n) is 4.34. The molecule has 0 bridgehead atoms. The van der Waals surface area contributed by atoms with Gasteiger partial charge in [-0.15, -0.1) is 0 Å². The van der Waals surface area contributed by atoms with E-state index in [-0.39, 0.29) is 11.6 Å². The van der Waals surface area contributed by atoms with Crippen molar-refractivity contribution in [2.45, 2.75) is 19.9 Å². The fourth-order valence-corrected chi connectivity index (χ4v) is 1.94. The van der Waals surface area contributed by atoms with Gasteiger partial charge < -0.3 is 5.73 Å². The van der Waals surface area contributed by atoms with Gasteiger partial charge in [0.2, 0.25) is 0 Å². The molecule has 1 aromatic heterocycles. The van der Waals surface area contributed by atoms with Crippen molar-refractivity contribution in [3.05, 3.63) is 62.0 Å². The van der Waals surface area contributed by atoms with Crippen LogP contribution >= 0.6 is 0 Å². The topological polar surface area (TPSA) is 80.9 Å². The first-order valence-corrected chi connectivity index (χ1v) is 5.82. The summed E-state index contributed by atoms with van der Waals surface area (Å²) in [7, 11) is 0. The predicted octanol–water partition coefficient (Wildman–Crippen LogP) is 0.809. The van der Waals surface area contributed by atoms with Crippen LogP contribution in [0.15, 0.2) is 33.9 Å². The molecule has 1 aromatic carbocycles. The number of anilines is 1. The number of nitrogen functional groups attached to an aromatic ring is 1. The number of hydrogen-bond acceptors (Lipinski definition) is 3. The molecule has 0 aliphatic carbocycles. The minimum absolute atomic E-state index is 0.119. The molecule has 2 rings (SSSR count). The fraction of sp³-hybridized carbons (Fsp3) is 0.231. The Morgan fingerprint density at radius 2 is 2.05 bits per heavy atom. The van der Waals surface area contributed by atoms with Gasteiger partial charge in [0, 0.05) is 12.6 Å². The highest BCUT2D eigenvalue weighted by Gasteiger charge is 2.05. The summed E-state index contributed by atoms with van der Waals surface area (Å²) in [6, 6.07) is 5.66. The number of rotatable bonds is 3. The number of aromatic nitrogens is 2. The molecule has 0 radical (unpaired) electrons. The minimum Gasteiger partial charge on any atom is -0.385 e. The zero-order valence-electron chi connectivity index (χ0n) is 10.4. The minimum atomic E-state index is -0.537. The summed E-state index contributed by atoms with van der Waals surface area (Å²) in [4.78, 5) is 24.8. The molecule has 5 nitrogen and oxygen atoms in total. The molecule has 0 aliphatic rings. The summed E-state index contributed by atoms with van der Waals surface area (Å²) >= 11 is 0. The van der Waals surface area contributed by atoms with E-state index in [0.29, 0.717) is 13.0 Å². The second kappa shape index (κ2) is 5.09. The Labute approximate surface area is 108 Å². The normalized spacial score (nSPS) is 10.6. The Kier molecular flexibility index (Phi) is 3.50. The van der Waals surface area contributed by atoms with Gasteiger partial charge in [0.05, 0.1) is 0 Å². The van der Waals surface area contributed by atoms with Crippen molar-refractivity contribution in [2.75, 3.05) is 5.73 Å². The molecule has 0 amide bonds. The van der Waals surface area contributed by atoms with Crippen LogP contribution in [-0.4, -0.2) is 9.55 Å². The summed E-state index contributed by atoms with van der Waals surface area (Å²) < 4.78 is 14.3. The highest BCUT2D eigenvalue weighted by atomic mass is 19.1. The number of aromatic amines is 1. The average molecular weight is 263 g/mol. The molecule has 0 saturated heterocycles. The Balaban J connectivity index is 2.24. The summed E-state index contributed by atoms with van der Waals surface area (Å²) in [5, 5.41) is 0. The molecule has 0 saturated carbocycles. The maximum Gasteiger partial charge on any atom is 0.329 e. The number of aryl methyl sites for hydroxylation is 2. The van der Waals surface area contributed by atoms with Crippen LogP contribution in [0.2, 0.25) is 0 Å². The van der Waals surface area contributed by atoms with E-state index in [0.717, 1.165) is 11.1 Å². The van der Waals surface area contributed by atoms with Crippen molar-refractivity contribution >= 4 is 5.82 Å². The number of halogens is 1. The standard InChI is InChI=1S/C13H14FN3O2/c1-8-6-10(14)3-2-9(8)4-5-17-11(15)7-12(18)16-13(17)19/h2-3,6-7H,4-5,15H2,1H3,(H,16,18,19). The van der Waals surface area contributed by atoms with E-state index >= 15 is 0 Å². The van der Waals surface area contributed by atoms with Crippen LogP contribution in [-0.2, 0) is 13.0 Å². The van der Waals surface area contributed by atoms with Gasteiger partial charge in [-0.2, -0.15) is 0 Å². The lowest BCUT2D eigenvalue weighted by atomic mass is 10.1. The van der Waals surface area contributed by atoms with Gasteiger partial charge in [0.25, 0.3) is 5.56 Å². The molecule has 0 unspecified atom stereocenters. The van der Waals surface area contributed by atoms with Gasteiger partial charge in [0.15, 0.2) is 0 Å². The third-order valence-electron chi connectivity index (χ3n) is 2.98. The second-order valence-corrected chi connectivity index (χ2v) is 4.34. The maximum atomic E-state index is 13.0. The van der Waals surface area contributed by atoms with Gasteiger partial charge >= 0.3 is 5.69 Å². The first-order chi connectivity index (χ1) is 8.97. The number of nitrogens with two attached hydrogens (primary N) is 1. The van der Waals surface area contributed by atoms with E-state index in [4.69, 9.17) is 5.73 Å². The van der Waals surface area contributed by atoms with Crippen molar-refractivity contribution in [3.8, 4) is 0 Å². The zero-order valence-corrected chi connectivity index (χ0v) is 10.4. The predicted molar refractivity (Wildman–Crippen MR) is 70.6 cm³/mol. The fourth-order valence-electron chi connectivity index (χ4n) is 1.94. The first-order valence-electron chi connectivity index (χ1n) is 5.82. The van der Waals surface area contributed by atoms with Gasteiger partial charge in [-0.1, -0.05) is 6.07 Å². The van der Waals surface area contributed by atoms with E-state index in [1.54, 1.807) is 13.0 Å². The van der Waals surface area contributed by atoms with E-state index in [1.807, 2.05) is 0 Å². The molecule has 3 N–H and O–H groups in total. The highest BCUT2D eigenvalue weighted by molar-refractivity contribution is 5.28. The molecule has 100 valence electrons. The number of nitrogens with one attached hydrogen (secondary N) is 1. The first kappa shape index (κ1) is 13.1. The number of benzene rings is 1. The molecular formula is C13H14FN3O2. The third kappa shape index (κ3) is 2.90. The van der Waals surface area contributed by atoms with Gasteiger partial charge in [-0.25, -0.2) is 9.18 Å². The van der Waals surface area contributed by atoms with Crippen LogP contribution < -0.4 is 17.0 Å². The van der Waals surface area contributed by atoms with Crippen molar-refractivity contribution in [2.24, 2.45) is 0 Å². The molecule has 0 fully saturated rings. The summed E-state index contributed by atoms with van der Waals surface area (Å²) in [6.45, 7) is 2.13. The number of nitrogens with zero attached hydrogens (tertiary/aromatic N) is 1. The van der Waals surface area contributed by atoms with Crippen LogP contribution in [0.4, 0.5) is 10.2 Å². The Bertz CT molecular complexity index is 719. The van der Waals surface area contributed by atoms with Gasteiger partial charge in [-0.3, -0.25) is 14.3 Å². The molecule has 2 aromatic rings. The molecule has 0 aliphatic heterocycles. The molecule has 6 heteroatoms. The number of H-pyrrole nitrogens is 1. The van der Waals surface area contributed by atoms with Crippen molar-refractivity contribution in [1.82, 2.24) is 9.55 Å². The lowest BCUT2D eigenvalue weighted by Crippen LogP contribution is -2.31. The average Bonchev–Trinajstić information content (AvgIpc) is 2.30. The third-order valence-corrected chi connectivity index (χ3v) is 2.98. The number of hydrogen-bond donors (Lipinski definition) is 2. The lowest BCUT2D eigenvalue weighted by Gasteiger charge is -2.10. The monoisotopic (exact) mass is 263 g/mol. The van der Waals surface area contributed by atoms with Crippen molar-refractivity contribution in [1.29, 1.82) is 0 Å². The quantitative estimate of drug-likeness (QED) is 0.859. The molecular weight excluding hydrogens is 249 g/mol. The van der Waals surface area contributed by atoms with Crippen LogP contribution in [0, 0.1) is 12.7 Å². The summed E-state index contributed by atoms with van der Waals surface area (Å²) in [6.07, 6.45) is 0.530. The van der Waals surface area contributed by atoms with Crippen LogP contribution in [0.5, 0.6) is 0 Å². The van der Waals surface area contributed by atoms with Crippen LogP contribution in [0.25, 0.3) is 0 Å². The van der Waals surface area contributed by atoms with Crippen LogP contribution in [0.1, 0.15) is 11.1 Å². The smallest absolute Gasteiger partial charge is 0.329 e. The Hall–Kier alpha value is -2.37. The Morgan fingerprint density at radius 1 is 1.32 bits per heavy atom. The molecule has 19 heavy (non-hydrogen) atoms. The molecule has 1 heterocycles. The van der Waals surface area contributed by atoms with E-state index in [1.165, 1.54) is 22.8 Å².